The maximum atomic E-state index is 11.6. The van der Waals surface area contributed by atoms with Crippen LogP contribution in [-0.4, -0.2) is 29.3 Å². The Hall–Kier alpha value is -1.83. The molecular formula is C12H17BrN4O3. The standard InChI is InChI=1S/C12H17BrN4O3/c1-3-7(2)11(19)15-6-10(18)16-17-12(20)9-4-8(13)5-14-9/h4-5,7,14H,3,6H2,1-2H3,(H,15,19)(H,16,18)(H,17,20). The molecule has 1 unspecified atom stereocenters. The highest BCUT2D eigenvalue weighted by molar-refractivity contribution is 9.10. The van der Waals surface area contributed by atoms with Gasteiger partial charge in [-0.1, -0.05) is 13.8 Å². The van der Waals surface area contributed by atoms with Gasteiger partial charge in [0.2, 0.25) is 5.91 Å². The first-order valence-electron chi connectivity index (χ1n) is 6.14. The lowest BCUT2D eigenvalue weighted by atomic mass is 10.1. The van der Waals surface area contributed by atoms with Crippen LogP contribution in [0.3, 0.4) is 0 Å². The van der Waals surface area contributed by atoms with Gasteiger partial charge in [-0.25, -0.2) is 0 Å². The van der Waals surface area contributed by atoms with Crippen LogP contribution in [0.25, 0.3) is 0 Å². The lowest BCUT2D eigenvalue weighted by Crippen LogP contribution is -2.47. The number of rotatable bonds is 5. The molecule has 0 fully saturated rings. The minimum Gasteiger partial charge on any atom is -0.356 e. The van der Waals surface area contributed by atoms with Crippen LogP contribution in [0.4, 0.5) is 0 Å². The van der Waals surface area contributed by atoms with E-state index in [2.05, 4.69) is 37.1 Å². The highest BCUT2D eigenvalue weighted by Crippen LogP contribution is 2.09. The molecule has 0 saturated heterocycles. The van der Waals surface area contributed by atoms with Crippen molar-refractivity contribution in [2.24, 2.45) is 5.92 Å². The van der Waals surface area contributed by atoms with E-state index in [4.69, 9.17) is 0 Å². The number of amides is 3. The van der Waals surface area contributed by atoms with Gasteiger partial charge < -0.3 is 10.3 Å². The van der Waals surface area contributed by atoms with Crippen LogP contribution >= 0.6 is 15.9 Å². The second-order valence-electron chi connectivity index (χ2n) is 4.26. The summed E-state index contributed by atoms with van der Waals surface area (Å²) in [7, 11) is 0. The van der Waals surface area contributed by atoms with E-state index in [1.807, 2.05) is 6.92 Å². The Balaban J connectivity index is 2.30. The van der Waals surface area contributed by atoms with E-state index >= 15 is 0 Å². The van der Waals surface area contributed by atoms with Gasteiger partial charge in [-0.15, -0.1) is 0 Å². The third-order valence-electron chi connectivity index (χ3n) is 2.69. The van der Waals surface area contributed by atoms with Gasteiger partial charge in [-0.05, 0) is 28.4 Å². The molecule has 20 heavy (non-hydrogen) atoms. The monoisotopic (exact) mass is 344 g/mol. The SMILES string of the molecule is CCC(C)C(=O)NCC(=O)NNC(=O)c1cc(Br)c[nH]1. The van der Waals surface area contributed by atoms with E-state index in [9.17, 15) is 14.4 Å². The largest absolute Gasteiger partial charge is 0.356 e. The number of aromatic amines is 1. The van der Waals surface area contributed by atoms with Gasteiger partial charge in [-0.2, -0.15) is 0 Å². The third kappa shape index (κ3) is 5.04. The lowest BCUT2D eigenvalue weighted by Gasteiger charge is -2.10. The second kappa shape index (κ2) is 7.68. The van der Waals surface area contributed by atoms with Crippen molar-refractivity contribution in [3.8, 4) is 0 Å². The molecule has 7 nitrogen and oxygen atoms in total. The molecule has 1 aromatic rings. The zero-order valence-electron chi connectivity index (χ0n) is 11.2. The quantitative estimate of drug-likeness (QED) is 0.591. The molecular weight excluding hydrogens is 328 g/mol. The van der Waals surface area contributed by atoms with Crippen LogP contribution in [-0.2, 0) is 9.59 Å². The molecule has 0 spiro atoms. The normalized spacial score (nSPS) is 11.6. The van der Waals surface area contributed by atoms with E-state index in [0.717, 1.165) is 4.47 Å². The Morgan fingerprint density at radius 3 is 2.60 bits per heavy atom. The van der Waals surface area contributed by atoms with E-state index in [1.54, 1.807) is 19.2 Å². The molecule has 110 valence electrons. The molecule has 0 aliphatic carbocycles. The van der Waals surface area contributed by atoms with Crippen molar-refractivity contribution in [1.29, 1.82) is 0 Å². The Labute approximate surface area is 125 Å². The first-order valence-corrected chi connectivity index (χ1v) is 6.94. The van der Waals surface area contributed by atoms with Crippen molar-refractivity contribution < 1.29 is 14.4 Å². The van der Waals surface area contributed by atoms with Gasteiger partial charge in [0.15, 0.2) is 0 Å². The van der Waals surface area contributed by atoms with Crippen molar-refractivity contribution in [3.05, 3.63) is 22.4 Å². The van der Waals surface area contributed by atoms with Crippen molar-refractivity contribution in [3.63, 3.8) is 0 Å². The number of halogens is 1. The smallest absolute Gasteiger partial charge is 0.286 e. The van der Waals surface area contributed by atoms with Crippen LogP contribution in [0.5, 0.6) is 0 Å². The molecule has 3 amide bonds. The molecule has 1 heterocycles. The van der Waals surface area contributed by atoms with Crippen LogP contribution in [0.2, 0.25) is 0 Å². The van der Waals surface area contributed by atoms with E-state index < -0.39 is 11.8 Å². The van der Waals surface area contributed by atoms with Crippen molar-refractivity contribution in [2.75, 3.05) is 6.54 Å². The second-order valence-corrected chi connectivity index (χ2v) is 5.18. The molecule has 0 aliphatic heterocycles. The number of nitrogens with one attached hydrogen (secondary N) is 4. The van der Waals surface area contributed by atoms with Crippen molar-refractivity contribution in [1.82, 2.24) is 21.2 Å². The third-order valence-corrected chi connectivity index (χ3v) is 3.15. The number of hydrogen-bond donors (Lipinski definition) is 4. The van der Waals surface area contributed by atoms with E-state index in [1.165, 1.54) is 0 Å². The number of hydrogen-bond acceptors (Lipinski definition) is 3. The first kappa shape index (κ1) is 16.2. The van der Waals surface area contributed by atoms with Crippen LogP contribution < -0.4 is 16.2 Å². The Morgan fingerprint density at radius 2 is 2.05 bits per heavy atom. The summed E-state index contributed by atoms with van der Waals surface area (Å²) >= 11 is 3.20. The fraction of sp³-hybridized carbons (Fsp3) is 0.417. The summed E-state index contributed by atoms with van der Waals surface area (Å²) in [6.45, 7) is 3.48. The minimum atomic E-state index is -0.499. The number of aromatic nitrogens is 1. The molecule has 1 atom stereocenters. The maximum Gasteiger partial charge on any atom is 0.286 e. The Kier molecular flexibility index (Phi) is 6.23. The van der Waals surface area contributed by atoms with Gasteiger partial charge in [0.25, 0.3) is 11.8 Å². The lowest BCUT2D eigenvalue weighted by molar-refractivity contribution is -0.128. The number of carbonyl (C=O) groups excluding carboxylic acids is 3. The predicted molar refractivity (Wildman–Crippen MR) is 76.6 cm³/mol. The van der Waals surface area contributed by atoms with Crippen LogP contribution in [0.15, 0.2) is 16.7 Å². The fourth-order valence-corrected chi connectivity index (χ4v) is 1.61. The predicted octanol–water partition coefficient (Wildman–Crippen LogP) is 0.701. The summed E-state index contributed by atoms with van der Waals surface area (Å²) in [6, 6.07) is 1.58. The molecule has 0 saturated carbocycles. The highest BCUT2D eigenvalue weighted by atomic mass is 79.9. The minimum absolute atomic E-state index is 0.145. The molecule has 0 radical (unpaired) electrons. The summed E-state index contributed by atoms with van der Waals surface area (Å²) in [5, 5.41) is 2.48. The summed E-state index contributed by atoms with van der Waals surface area (Å²) in [5.74, 6) is -1.31. The molecule has 8 heteroatoms. The molecule has 0 bridgehead atoms. The first-order chi connectivity index (χ1) is 9.43. The van der Waals surface area contributed by atoms with Gasteiger partial charge >= 0.3 is 0 Å². The van der Waals surface area contributed by atoms with Gasteiger partial charge in [0, 0.05) is 16.6 Å². The summed E-state index contributed by atoms with van der Waals surface area (Å²) in [6.07, 6.45) is 2.30. The molecule has 1 rings (SSSR count). The zero-order chi connectivity index (χ0) is 15.1. The number of carbonyl (C=O) groups is 3. The molecule has 1 aromatic heterocycles. The average molecular weight is 345 g/mol. The zero-order valence-corrected chi connectivity index (χ0v) is 12.8. The van der Waals surface area contributed by atoms with Crippen molar-refractivity contribution >= 4 is 33.7 Å². The Bertz CT molecular complexity index is 501. The fourth-order valence-electron chi connectivity index (χ4n) is 1.26. The maximum absolute atomic E-state index is 11.6. The van der Waals surface area contributed by atoms with Gasteiger partial charge in [-0.3, -0.25) is 25.2 Å². The summed E-state index contributed by atoms with van der Waals surface area (Å²) in [4.78, 5) is 37.2. The number of hydrazine groups is 1. The van der Waals surface area contributed by atoms with Crippen LogP contribution in [0, 0.1) is 5.92 Å². The average Bonchev–Trinajstić information content (AvgIpc) is 2.87. The summed E-state index contributed by atoms with van der Waals surface area (Å²) < 4.78 is 0.731. The van der Waals surface area contributed by atoms with E-state index in [0.29, 0.717) is 12.1 Å². The highest BCUT2D eigenvalue weighted by Gasteiger charge is 2.12. The molecule has 0 aromatic carbocycles. The number of H-pyrrole nitrogens is 1. The molecule has 4 N–H and O–H groups in total. The van der Waals surface area contributed by atoms with Crippen molar-refractivity contribution in [2.45, 2.75) is 20.3 Å². The van der Waals surface area contributed by atoms with E-state index in [-0.39, 0.29) is 18.4 Å². The van der Waals surface area contributed by atoms with Crippen LogP contribution in [0.1, 0.15) is 30.8 Å². The molecule has 0 aliphatic rings. The summed E-state index contributed by atoms with van der Waals surface area (Å²) in [5.41, 5.74) is 4.76. The van der Waals surface area contributed by atoms with Gasteiger partial charge in [0.1, 0.15) is 5.69 Å². The Morgan fingerprint density at radius 1 is 1.35 bits per heavy atom. The van der Waals surface area contributed by atoms with Gasteiger partial charge in [0.05, 0.1) is 6.54 Å². The topological polar surface area (TPSA) is 103 Å².